The molecule has 0 spiro atoms. The molecule has 0 aromatic heterocycles. The van der Waals surface area contributed by atoms with Gasteiger partial charge in [0.2, 0.25) is 0 Å². The molecule has 15 heavy (non-hydrogen) atoms. The molecular formula is C12H21NO2. The average molecular weight is 211 g/mol. The van der Waals surface area contributed by atoms with Crippen molar-refractivity contribution < 1.29 is 9.90 Å². The molecule has 2 unspecified atom stereocenters. The van der Waals surface area contributed by atoms with Crippen molar-refractivity contribution >= 4 is 5.97 Å². The Morgan fingerprint density at radius 1 is 1.27 bits per heavy atom. The normalized spacial score (nSPS) is 34.5. The Balaban J connectivity index is 2.03. The maximum Gasteiger partial charge on any atom is 0.308 e. The first-order valence-electron chi connectivity index (χ1n) is 6.10. The van der Waals surface area contributed by atoms with E-state index in [4.69, 9.17) is 0 Å². The Morgan fingerprint density at radius 3 is 2.53 bits per heavy atom. The predicted molar refractivity (Wildman–Crippen MR) is 58.7 cm³/mol. The number of carbonyl (C=O) groups is 1. The fourth-order valence-corrected chi connectivity index (χ4v) is 3.34. The largest absolute Gasteiger partial charge is 0.481 e. The lowest BCUT2D eigenvalue weighted by molar-refractivity contribution is -0.147. The van der Waals surface area contributed by atoms with Crippen LogP contribution in [0.4, 0.5) is 0 Å². The van der Waals surface area contributed by atoms with Gasteiger partial charge in [-0.25, -0.2) is 0 Å². The van der Waals surface area contributed by atoms with Crippen LogP contribution in [0.5, 0.6) is 0 Å². The number of rotatable bonds is 2. The molecule has 0 bridgehead atoms. The van der Waals surface area contributed by atoms with Crippen LogP contribution in [0.2, 0.25) is 0 Å². The lowest BCUT2D eigenvalue weighted by Crippen LogP contribution is -2.44. The van der Waals surface area contributed by atoms with E-state index in [1.807, 2.05) is 7.05 Å². The zero-order chi connectivity index (χ0) is 10.8. The van der Waals surface area contributed by atoms with Crippen molar-refractivity contribution in [3.63, 3.8) is 0 Å². The molecule has 0 aromatic rings. The molecule has 2 aliphatic rings. The first-order chi connectivity index (χ1) is 7.18. The van der Waals surface area contributed by atoms with Gasteiger partial charge in [-0.3, -0.25) is 4.79 Å². The predicted octanol–water partition coefficient (Wildman–Crippen LogP) is 1.83. The number of hydrogen-bond acceptors (Lipinski definition) is 2. The van der Waals surface area contributed by atoms with Crippen LogP contribution < -0.4 is 0 Å². The van der Waals surface area contributed by atoms with Crippen LogP contribution in [0.3, 0.4) is 0 Å². The molecule has 1 aliphatic heterocycles. The zero-order valence-corrected chi connectivity index (χ0v) is 9.48. The van der Waals surface area contributed by atoms with Gasteiger partial charge in [0.05, 0.1) is 5.92 Å². The molecule has 86 valence electrons. The van der Waals surface area contributed by atoms with E-state index in [0.29, 0.717) is 11.8 Å². The topological polar surface area (TPSA) is 40.5 Å². The smallest absolute Gasteiger partial charge is 0.308 e. The molecule has 2 fully saturated rings. The average Bonchev–Trinajstić information content (AvgIpc) is 2.70. The first kappa shape index (κ1) is 10.9. The summed E-state index contributed by atoms with van der Waals surface area (Å²) >= 11 is 0. The summed E-state index contributed by atoms with van der Waals surface area (Å²) in [5.41, 5.74) is 0. The summed E-state index contributed by atoms with van der Waals surface area (Å²) in [6.07, 6.45) is 6.22. The molecule has 0 radical (unpaired) electrons. The van der Waals surface area contributed by atoms with Crippen LogP contribution in [0, 0.1) is 17.8 Å². The zero-order valence-electron chi connectivity index (χ0n) is 9.48. The van der Waals surface area contributed by atoms with Gasteiger partial charge in [-0.2, -0.15) is 0 Å². The summed E-state index contributed by atoms with van der Waals surface area (Å²) in [5, 5.41) is 9.26. The van der Waals surface area contributed by atoms with Gasteiger partial charge in [-0.1, -0.05) is 25.7 Å². The molecule has 1 heterocycles. The third-order valence-corrected chi connectivity index (χ3v) is 4.19. The quantitative estimate of drug-likeness (QED) is 0.757. The minimum Gasteiger partial charge on any atom is -0.481 e. The van der Waals surface area contributed by atoms with E-state index in [0.717, 1.165) is 19.5 Å². The number of carboxylic acid groups (broad SMARTS) is 1. The second-order valence-corrected chi connectivity index (χ2v) is 5.20. The molecule has 1 saturated carbocycles. The van der Waals surface area contributed by atoms with Gasteiger partial charge < -0.3 is 10.0 Å². The van der Waals surface area contributed by atoms with Crippen molar-refractivity contribution in [1.29, 1.82) is 0 Å². The van der Waals surface area contributed by atoms with Crippen molar-refractivity contribution in [3.05, 3.63) is 0 Å². The SMILES string of the molecule is CN1CCC(C2CCCC2)C(C(=O)O)C1. The standard InChI is InChI=1S/C12H21NO2/c1-13-7-6-10(9-4-2-3-5-9)11(8-13)12(14)15/h9-11H,2-8H2,1H3,(H,14,15). The minimum atomic E-state index is -0.585. The number of likely N-dealkylation sites (tertiary alicyclic amines) is 1. The summed E-state index contributed by atoms with van der Waals surface area (Å²) in [6.45, 7) is 1.82. The van der Waals surface area contributed by atoms with Crippen molar-refractivity contribution in [2.24, 2.45) is 17.8 Å². The highest BCUT2D eigenvalue weighted by Gasteiger charge is 2.38. The maximum atomic E-state index is 11.2. The van der Waals surface area contributed by atoms with Gasteiger partial charge in [-0.15, -0.1) is 0 Å². The summed E-state index contributed by atoms with van der Waals surface area (Å²) in [6, 6.07) is 0. The summed E-state index contributed by atoms with van der Waals surface area (Å²) in [4.78, 5) is 13.4. The molecule has 2 rings (SSSR count). The van der Waals surface area contributed by atoms with E-state index in [2.05, 4.69) is 4.90 Å². The van der Waals surface area contributed by atoms with Crippen molar-refractivity contribution in [2.45, 2.75) is 32.1 Å². The van der Waals surface area contributed by atoms with Gasteiger partial charge in [-0.05, 0) is 31.8 Å². The molecule has 0 aromatic carbocycles. The molecule has 2 atom stereocenters. The van der Waals surface area contributed by atoms with Crippen LogP contribution in [0.25, 0.3) is 0 Å². The molecular weight excluding hydrogens is 190 g/mol. The van der Waals surface area contributed by atoms with E-state index in [-0.39, 0.29) is 5.92 Å². The van der Waals surface area contributed by atoms with E-state index < -0.39 is 5.97 Å². The molecule has 1 N–H and O–H groups in total. The second kappa shape index (κ2) is 4.52. The third-order valence-electron chi connectivity index (χ3n) is 4.19. The Morgan fingerprint density at radius 2 is 1.93 bits per heavy atom. The Labute approximate surface area is 91.5 Å². The number of hydrogen-bond donors (Lipinski definition) is 1. The summed E-state index contributed by atoms with van der Waals surface area (Å²) < 4.78 is 0. The summed E-state index contributed by atoms with van der Waals surface area (Å²) in [5.74, 6) is 0.436. The monoisotopic (exact) mass is 211 g/mol. The highest BCUT2D eigenvalue weighted by molar-refractivity contribution is 5.70. The van der Waals surface area contributed by atoms with E-state index in [1.54, 1.807) is 0 Å². The fourth-order valence-electron chi connectivity index (χ4n) is 3.34. The minimum absolute atomic E-state index is 0.119. The number of aliphatic carboxylic acids is 1. The lowest BCUT2D eigenvalue weighted by atomic mass is 9.76. The Bertz CT molecular complexity index is 236. The number of nitrogens with zero attached hydrogens (tertiary/aromatic N) is 1. The molecule has 1 aliphatic carbocycles. The fraction of sp³-hybridized carbons (Fsp3) is 0.917. The highest BCUT2D eigenvalue weighted by atomic mass is 16.4. The van der Waals surface area contributed by atoms with Crippen LogP contribution in [-0.4, -0.2) is 36.1 Å². The molecule has 3 heteroatoms. The Kier molecular flexibility index (Phi) is 3.29. The second-order valence-electron chi connectivity index (χ2n) is 5.20. The van der Waals surface area contributed by atoms with E-state index in [9.17, 15) is 9.90 Å². The molecule has 0 amide bonds. The van der Waals surface area contributed by atoms with Gasteiger partial charge >= 0.3 is 5.97 Å². The molecule has 1 saturated heterocycles. The van der Waals surface area contributed by atoms with Gasteiger partial charge in [0.1, 0.15) is 0 Å². The maximum absolute atomic E-state index is 11.2. The highest BCUT2D eigenvalue weighted by Crippen LogP contribution is 2.39. The van der Waals surface area contributed by atoms with Crippen LogP contribution in [0.15, 0.2) is 0 Å². The van der Waals surface area contributed by atoms with Gasteiger partial charge in [0.25, 0.3) is 0 Å². The first-order valence-corrected chi connectivity index (χ1v) is 6.10. The number of carboxylic acids is 1. The van der Waals surface area contributed by atoms with Gasteiger partial charge in [0, 0.05) is 6.54 Å². The van der Waals surface area contributed by atoms with Crippen molar-refractivity contribution in [1.82, 2.24) is 4.90 Å². The van der Waals surface area contributed by atoms with Crippen LogP contribution in [-0.2, 0) is 4.79 Å². The molecule has 3 nitrogen and oxygen atoms in total. The number of piperidine rings is 1. The van der Waals surface area contributed by atoms with E-state index in [1.165, 1.54) is 25.7 Å². The van der Waals surface area contributed by atoms with Crippen LogP contribution >= 0.6 is 0 Å². The van der Waals surface area contributed by atoms with Crippen molar-refractivity contribution in [2.75, 3.05) is 20.1 Å². The van der Waals surface area contributed by atoms with Gasteiger partial charge in [0.15, 0.2) is 0 Å². The third kappa shape index (κ3) is 2.33. The summed E-state index contributed by atoms with van der Waals surface area (Å²) in [7, 11) is 2.03. The van der Waals surface area contributed by atoms with E-state index >= 15 is 0 Å². The van der Waals surface area contributed by atoms with Crippen molar-refractivity contribution in [3.8, 4) is 0 Å². The van der Waals surface area contributed by atoms with Crippen LogP contribution in [0.1, 0.15) is 32.1 Å². The lowest BCUT2D eigenvalue weighted by Gasteiger charge is -2.37. The Hall–Kier alpha value is -0.570.